The van der Waals surface area contributed by atoms with Crippen molar-refractivity contribution in [2.75, 3.05) is 20.1 Å². The fraction of sp³-hybridized carbons (Fsp3) is 0.600. The highest BCUT2D eigenvalue weighted by molar-refractivity contribution is 7.08. The summed E-state index contributed by atoms with van der Waals surface area (Å²) in [6.07, 6.45) is 0. The van der Waals surface area contributed by atoms with Crippen LogP contribution in [0, 0.1) is 0 Å². The molecule has 2 nitrogen and oxygen atoms in total. The van der Waals surface area contributed by atoms with Gasteiger partial charge in [0.15, 0.2) is 0 Å². The minimum Gasteiger partial charge on any atom is -0.323 e. The van der Waals surface area contributed by atoms with Crippen molar-refractivity contribution in [3.63, 3.8) is 0 Å². The third kappa shape index (κ3) is 6.05. The maximum atomic E-state index is 5.78. The largest absolute Gasteiger partial charge is 0.323 e. The van der Waals surface area contributed by atoms with E-state index in [2.05, 4.69) is 16.9 Å². The lowest BCUT2D eigenvalue weighted by Gasteiger charge is -2.03. The smallest absolute Gasteiger partial charge is 0.234 e. The maximum absolute atomic E-state index is 5.78. The molecule has 0 aromatic carbocycles. The monoisotopic (exact) mass is 164 g/mol. The lowest BCUT2D eigenvalue weighted by molar-refractivity contribution is 0.767. The van der Waals surface area contributed by atoms with Gasteiger partial charge in [-0.15, -0.1) is 17.7 Å². The normalized spacial score (nSPS) is 13.1. The van der Waals surface area contributed by atoms with Crippen molar-refractivity contribution < 1.29 is 0 Å². The summed E-state index contributed by atoms with van der Waals surface area (Å²) in [6, 6.07) is 0. The zero-order valence-corrected chi connectivity index (χ0v) is 7.56. The van der Waals surface area contributed by atoms with E-state index in [0.717, 1.165) is 13.1 Å². The van der Waals surface area contributed by atoms with E-state index in [0.29, 0.717) is 0 Å². The molecular formula is C5H13ClN2Si. The second-order valence-corrected chi connectivity index (χ2v) is 4.79. The summed E-state index contributed by atoms with van der Waals surface area (Å²) in [5, 5.41) is 3.01. The average Bonchev–Trinajstić information content (AvgIpc) is 1.89. The van der Waals surface area contributed by atoms with Crippen molar-refractivity contribution in [1.82, 2.24) is 10.3 Å². The standard InChI is InChI=1S/C5H13ClN2Si/c1-3-9(6)8-5-4-7-2/h3,7-9H,1,4-5H2,2H3. The number of nitrogens with one attached hydrogen (secondary N) is 2. The molecule has 0 radical (unpaired) electrons. The lowest BCUT2D eigenvalue weighted by atomic mass is 10.7. The van der Waals surface area contributed by atoms with Crippen LogP contribution in [0.2, 0.25) is 0 Å². The van der Waals surface area contributed by atoms with Crippen LogP contribution in [0.15, 0.2) is 12.3 Å². The molecular weight excluding hydrogens is 152 g/mol. The van der Waals surface area contributed by atoms with Gasteiger partial charge in [0.05, 0.1) is 0 Å². The quantitative estimate of drug-likeness (QED) is 0.339. The summed E-state index contributed by atoms with van der Waals surface area (Å²) in [5.41, 5.74) is 1.80. The Bertz CT molecular complexity index is 79.4. The van der Waals surface area contributed by atoms with Gasteiger partial charge in [-0.25, -0.2) is 0 Å². The maximum Gasteiger partial charge on any atom is 0.234 e. The third-order valence-electron chi connectivity index (χ3n) is 0.921. The minimum absolute atomic E-state index is 0.933. The minimum atomic E-state index is -1.27. The highest BCUT2D eigenvalue weighted by Gasteiger charge is 1.96. The van der Waals surface area contributed by atoms with Crippen LogP contribution < -0.4 is 10.3 Å². The molecule has 0 aliphatic heterocycles. The molecule has 9 heavy (non-hydrogen) atoms. The van der Waals surface area contributed by atoms with Crippen LogP contribution in [0.3, 0.4) is 0 Å². The summed E-state index contributed by atoms with van der Waals surface area (Å²) in [4.78, 5) is 3.16. The third-order valence-corrected chi connectivity index (χ3v) is 3.01. The molecule has 4 heteroatoms. The van der Waals surface area contributed by atoms with Gasteiger partial charge in [0.1, 0.15) is 0 Å². The molecule has 2 N–H and O–H groups in total. The molecule has 0 spiro atoms. The highest BCUT2D eigenvalue weighted by Crippen LogP contribution is 1.81. The van der Waals surface area contributed by atoms with Crippen LogP contribution in [0.4, 0.5) is 0 Å². The summed E-state index contributed by atoms with van der Waals surface area (Å²) in [6.45, 7) is 5.48. The van der Waals surface area contributed by atoms with Gasteiger partial charge >= 0.3 is 0 Å². The van der Waals surface area contributed by atoms with Crippen LogP contribution in [0.1, 0.15) is 0 Å². The van der Waals surface area contributed by atoms with Crippen molar-refractivity contribution in [2.45, 2.75) is 0 Å². The molecule has 0 heterocycles. The molecule has 0 aliphatic rings. The molecule has 0 rings (SSSR count). The zero-order valence-electron chi connectivity index (χ0n) is 5.65. The molecule has 54 valence electrons. The zero-order chi connectivity index (χ0) is 7.11. The Hall–Kier alpha value is 0.167. The van der Waals surface area contributed by atoms with Crippen LogP contribution in [0.5, 0.6) is 0 Å². The fourth-order valence-corrected chi connectivity index (χ4v) is 1.33. The van der Waals surface area contributed by atoms with Crippen LogP contribution in [0.25, 0.3) is 0 Å². The topological polar surface area (TPSA) is 24.1 Å². The lowest BCUT2D eigenvalue weighted by Crippen LogP contribution is -2.32. The van der Waals surface area contributed by atoms with E-state index in [-0.39, 0.29) is 0 Å². The van der Waals surface area contributed by atoms with Gasteiger partial charge in [-0.3, -0.25) is 0 Å². The van der Waals surface area contributed by atoms with Gasteiger partial charge in [0.2, 0.25) is 8.27 Å². The predicted octanol–water partition coefficient (Wildman–Crippen LogP) is -0.0201. The van der Waals surface area contributed by atoms with Gasteiger partial charge in [-0.2, -0.15) is 0 Å². The van der Waals surface area contributed by atoms with Crippen LogP contribution >= 0.6 is 11.1 Å². The van der Waals surface area contributed by atoms with Gasteiger partial charge in [0.25, 0.3) is 0 Å². The van der Waals surface area contributed by atoms with E-state index >= 15 is 0 Å². The van der Waals surface area contributed by atoms with Crippen molar-refractivity contribution >= 4 is 19.3 Å². The van der Waals surface area contributed by atoms with Gasteiger partial charge in [-0.1, -0.05) is 5.70 Å². The number of hydrogen-bond acceptors (Lipinski definition) is 2. The van der Waals surface area contributed by atoms with E-state index in [1.54, 1.807) is 5.70 Å². The summed E-state index contributed by atoms with van der Waals surface area (Å²) >= 11 is 5.78. The molecule has 0 saturated carbocycles. The molecule has 0 aromatic heterocycles. The predicted molar refractivity (Wildman–Crippen MR) is 45.1 cm³/mol. The van der Waals surface area contributed by atoms with Gasteiger partial charge < -0.3 is 10.3 Å². The van der Waals surface area contributed by atoms with Crippen molar-refractivity contribution in [3.05, 3.63) is 12.3 Å². The van der Waals surface area contributed by atoms with E-state index in [9.17, 15) is 0 Å². The number of rotatable bonds is 5. The molecule has 0 bridgehead atoms. The van der Waals surface area contributed by atoms with E-state index in [4.69, 9.17) is 11.1 Å². The van der Waals surface area contributed by atoms with E-state index in [1.165, 1.54) is 0 Å². The number of halogens is 1. The molecule has 1 unspecified atom stereocenters. The Labute approximate surface area is 62.7 Å². The van der Waals surface area contributed by atoms with Crippen molar-refractivity contribution in [1.29, 1.82) is 0 Å². The van der Waals surface area contributed by atoms with Crippen molar-refractivity contribution in [2.24, 2.45) is 0 Å². The van der Waals surface area contributed by atoms with E-state index in [1.807, 2.05) is 7.05 Å². The molecule has 0 aromatic rings. The number of likely N-dealkylation sites (N-methyl/N-ethyl adjacent to an activating group) is 1. The first-order valence-corrected chi connectivity index (χ1v) is 5.95. The SMILES string of the molecule is C=C[SiH](Cl)NCCNC. The van der Waals surface area contributed by atoms with E-state index < -0.39 is 8.27 Å². The first-order chi connectivity index (χ1) is 4.31. The Balaban J connectivity index is 2.96. The van der Waals surface area contributed by atoms with Crippen molar-refractivity contribution in [3.8, 4) is 0 Å². The molecule has 0 aliphatic carbocycles. The summed E-state index contributed by atoms with van der Waals surface area (Å²) in [5.74, 6) is 0. The second kappa shape index (κ2) is 6.29. The average molecular weight is 165 g/mol. The van der Waals surface area contributed by atoms with Gasteiger partial charge in [0, 0.05) is 13.1 Å². The Morgan fingerprint density at radius 3 is 2.78 bits per heavy atom. The Morgan fingerprint density at radius 1 is 1.67 bits per heavy atom. The Kier molecular flexibility index (Phi) is 6.41. The van der Waals surface area contributed by atoms with Gasteiger partial charge in [-0.05, 0) is 7.05 Å². The first kappa shape index (κ1) is 9.17. The summed E-state index contributed by atoms with van der Waals surface area (Å²) in [7, 11) is 0.650. The number of hydrogen-bond donors (Lipinski definition) is 2. The summed E-state index contributed by atoms with van der Waals surface area (Å²) < 4.78 is 0. The Morgan fingerprint density at radius 2 is 2.33 bits per heavy atom. The van der Waals surface area contributed by atoms with Crippen LogP contribution in [-0.2, 0) is 0 Å². The molecule has 1 atom stereocenters. The molecule has 0 fully saturated rings. The van der Waals surface area contributed by atoms with Crippen LogP contribution in [-0.4, -0.2) is 28.4 Å². The molecule has 0 amide bonds. The molecule has 0 saturated heterocycles. The first-order valence-electron chi connectivity index (χ1n) is 2.96. The fourth-order valence-electron chi connectivity index (χ4n) is 0.418. The second-order valence-electron chi connectivity index (χ2n) is 1.70. The highest BCUT2D eigenvalue weighted by atomic mass is 35.6.